The highest BCUT2D eigenvalue weighted by atomic mass is 16.1. The maximum absolute atomic E-state index is 10.8. The molecule has 0 aliphatic rings. The molecule has 0 radical (unpaired) electrons. The zero-order chi connectivity index (χ0) is 9.42. The molecule has 0 fully saturated rings. The molecule has 66 valence electrons. The van der Waals surface area contributed by atoms with Crippen LogP contribution in [0.25, 0.3) is 10.9 Å². The van der Waals surface area contributed by atoms with Gasteiger partial charge in [0.1, 0.15) is 0 Å². The van der Waals surface area contributed by atoms with Crippen molar-refractivity contribution >= 4 is 17.3 Å². The van der Waals surface area contributed by atoms with Crippen LogP contribution in [0.2, 0.25) is 0 Å². The maximum atomic E-state index is 10.8. The molecule has 0 saturated heterocycles. The molecule has 0 aliphatic heterocycles. The molecule has 0 aliphatic carbocycles. The second-order valence-electron chi connectivity index (χ2n) is 3.32. The van der Waals surface area contributed by atoms with Crippen LogP contribution in [0.5, 0.6) is 0 Å². The molecule has 2 nitrogen and oxygen atoms in total. The lowest BCUT2D eigenvalue weighted by molar-refractivity contribution is 0.548. The van der Waals surface area contributed by atoms with E-state index >= 15 is 0 Å². The van der Waals surface area contributed by atoms with Crippen LogP contribution in [0.15, 0.2) is 24.3 Å². The number of nitrogens with zero attached hydrogens (tertiary/aromatic N) is 1. The fraction of sp³-hybridized carbons (Fsp3) is 0.182. The Bertz CT molecular complexity index is 468. The first-order valence-electron chi connectivity index (χ1n) is 4.26. The first kappa shape index (κ1) is 8.05. The molecule has 0 amide bonds. The molecule has 2 heteroatoms. The number of rotatable bonds is 1. The van der Waals surface area contributed by atoms with Gasteiger partial charge in [-0.25, -0.2) is 0 Å². The number of benzene rings is 1. The van der Waals surface area contributed by atoms with Crippen LogP contribution < -0.4 is 0 Å². The molecule has 13 heavy (non-hydrogen) atoms. The predicted octanol–water partition coefficient (Wildman–Crippen LogP) is 2.30. The molecule has 2 aromatic rings. The third-order valence-corrected chi connectivity index (χ3v) is 2.29. The number of hydrogen-bond acceptors (Lipinski definition) is 1. The van der Waals surface area contributed by atoms with Crippen LogP contribution in [-0.2, 0) is 4.79 Å². The second kappa shape index (κ2) is 2.73. The Morgan fingerprint density at radius 3 is 2.69 bits per heavy atom. The minimum absolute atomic E-state index is 0.854. The van der Waals surface area contributed by atoms with E-state index in [9.17, 15) is 4.79 Å². The van der Waals surface area contributed by atoms with Gasteiger partial charge in [-0.05, 0) is 32.0 Å². The third kappa shape index (κ3) is 1.15. The molecule has 0 spiro atoms. The zero-order valence-corrected chi connectivity index (χ0v) is 7.74. The molecule has 0 bridgehead atoms. The summed E-state index contributed by atoms with van der Waals surface area (Å²) in [5.41, 5.74) is 3.18. The van der Waals surface area contributed by atoms with Gasteiger partial charge in [-0.3, -0.25) is 9.36 Å². The highest BCUT2D eigenvalue weighted by Crippen LogP contribution is 2.19. The molecule has 1 heterocycles. The van der Waals surface area contributed by atoms with Gasteiger partial charge in [0.2, 0.25) is 6.41 Å². The van der Waals surface area contributed by atoms with Crippen molar-refractivity contribution < 1.29 is 4.79 Å². The molecule has 1 aromatic carbocycles. The van der Waals surface area contributed by atoms with Crippen molar-refractivity contribution in [3.05, 3.63) is 35.5 Å². The first-order chi connectivity index (χ1) is 6.22. The molecule has 2 rings (SSSR count). The minimum atomic E-state index is 0.854. The molecular weight excluding hydrogens is 162 g/mol. The number of carbonyl (C=O) groups is 1. The van der Waals surface area contributed by atoms with Crippen molar-refractivity contribution in [3.63, 3.8) is 0 Å². The summed E-state index contributed by atoms with van der Waals surface area (Å²) in [5, 5.41) is 1.13. The Morgan fingerprint density at radius 2 is 2.00 bits per heavy atom. The highest BCUT2D eigenvalue weighted by Gasteiger charge is 2.03. The van der Waals surface area contributed by atoms with Gasteiger partial charge < -0.3 is 0 Å². The lowest BCUT2D eigenvalue weighted by atomic mass is 10.2. The Labute approximate surface area is 76.8 Å². The van der Waals surface area contributed by atoms with Gasteiger partial charge in [0.25, 0.3) is 0 Å². The van der Waals surface area contributed by atoms with Crippen molar-refractivity contribution in [2.45, 2.75) is 13.8 Å². The molecule has 0 unspecified atom stereocenters. The van der Waals surface area contributed by atoms with E-state index in [1.165, 1.54) is 5.56 Å². The Kier molecular flexibility index (Phi) is 1.69. The smallest absolute Gasteiger partial charge is 0.218 e. The van der Waals surface area contributed by atoms with Gasteiger partial charge in [0.05, 0.1) is 5.52 Å². The van der Waals surface area contributed by atoms with Gasteiger partial charge in [0, 0.05) is 11.1 Å². The molecule has 0 N–H and O–H groups in total. The van der Waals surface area contributed by atoms with E-state index in [2.05, 4.69) is 6.07 Å². The van der Waals surface area contributed by atoms with Gasteiger partial charge >= 0.3 is 0 Å². The zero-order valence-electron chi connectivity index (χ0n) is 7.74. The fourth-order valence-electron chi connectivity index (χ4n) is 1.63. The lowest BCUT2D eigenvalue weighted by Gasteiger charge is -1.96. The summed E-state index contributed by atoms with van der Waals surface area (Å²) in [6, 6.07) is 8.10. The molecule has 0 saturated carbocycles. The molecular formula is C11H11NO. The Hall–Kier alpha value is -1.57. The van der Waals surface area contributed by atoms with E-state index in [0.717, 1.165) is 23.0 Å². The monoisotopic (exact) mass is 173 g/mol. The number of carbonyl (C=O) groups excluding carboxylic acids is 1. The van der Waals surface area contributed by atoms with Crippen LogP contribution in [0, 0.1) is 13.8 Å². The van der Waals surface area contributed by atoms with Crippen LogP contribution in [0.4, 0.5) is 0 Å². The highest BCUT2D eigenvalue weighted by molar-refractivity contribution is 5.87. The molecule has 1 aromatic heterocycles. The minimum Gasteiger partial charge on any atom is -0.287 e. The van der Waals surface area contributed by atoms with Gasteiger partial charge in [-0.2, -0.15) is 0 Å². The molecule has 0 atom stereocenters. The van der Waals surface area contributed by atoms with Crippen LogP contribution >= 0.6 is 0 Å². The number of hydrogen-bond donors (Lipinski definition) is 0. The van der Waals surface area contributed by atoms with E-state index in [-0.39, 0.29) is 0 Å². The summed E-state index contributed by atoms with van der Waals surface area (Å²) >= 11 is 0. The van der Waals surface area contributed by atoms with Crippen molar-refractivity contribution in [1.82, 2.24) is 4.57 Å². The largest absolute Gasteiger partial charge is 0.287 e. The van der Waals surface area contributed by atoms with Crippen molar-refractivity contribution in [2.24, 2.45) is 0 Å². The lowest BCUT2D eigenvalue weighted by Crippen LogP contribution is -1.95. The quantitative estimate of drug-likeness (QED) is 0.606. The van der Waals surface area contributed by atoms with E-state index in [1.54, 1.807) is 4.57 Å². The summed E-state index contributed by atoms with van der Waals surface area (Å²) in [5.74, 6) is 0. The van der Waals surface area contributed by atoms with Crippen LogP contribution in [0.1, 0.15) is 11.3 Å². The standard InChI is InChI=1S/C11H11NO/c1-8-3-4-11-10(5-8)6-9(2)12(11)7-13/h3-7H,1-2H3. The van der Waals surface area contributed by atoms with Crippen LogP contribution in [-0.4, -0.2) is 11.0 Å². The van der Waals surface area contributed by atoms with E-state index in [1.807, 2.05) is 32.0 Å². The van der Waals surface area contributed by atoms with Gasteiger partial charge in [0.15, 0.2) is 0 Å². The van der Waals surface area contributed by atoms with Gasteiger partial charge in [-0.15, -0.1) is 0 Å². The number of aromatic nitrogens is 1. The fourth-order valence-corrected chi connectivity index (χ4v) is 1.63. The normalized spacial score (nSPS) is 10.6. The SMILES string of the molecule is Cc1ccc2c(c1)cc(C)n2C=O. The summed E-state index contributed by atoms with van der Waals surface area (Å²) < 4.78 is 1.66. The summed E-state index contributed by atoms with van der Waals surface area (Å²) in [7, 11) is 0. The Balaban J connectivity index is 2.86. The topological polar surface area (TPSA) is 22.0 Å². The third-order valence-electron chi connectivity index (χ3n) is 2.29. The average molecular weight is 173 g/mol. The summed E-state index contributed by atoms with van der Waals surface area (Å²) in [4.78, 5) is 10.8. The Morgan fingerprint density at radius 1 is 1.23 bits per heavy atom. The van der Waals surface area contributed by atoms with E-state index in [0.29, 0.717) is 0 Å². The van der Waals surface area contributed by atoms with Crippen molar-refractivity contribution in [2.75, 3.05) is 0 Å². The summed E-state index contributed by atoms with van der Waals surface area (Å²) in [6.45, 7) is 3.98. The van der Waals surface area contributed by atoms with Crippen LogP contribution in [0.3, 0.4) is 0 Å². The van der Waals surface area contributed by atoms with E-state index in [4.69, 9.17) is 0 Å². The van der Waals surface area contributed by atoms with E-state index < -0.39 is 0 Å². The predicted molar refractivity (Wildman–Crippen MR) is 53.6 cm³/mol. The maximum Gasteiger partial charge on any atom is 0.218 e. The summed E-state index contributed by atoms with van der Waals surface area (Å²) in [6.07, 6.45) is 0.854. The number of aryl methyl sites for hydroxylation is 2. The first-order valence-corrected chi connectivity index (χ1v) is 4.26. The number of fused-ring (bicyclic) bond motifs is 1. The second-order valence-corrected chi connectivity index (χ2v) is 3.32. The van der Waals surface area contributed by atoms with Crippen molar-refractivity contribution in [1.29, 1.82) is 0 Å². The average Bonchev–Trinajstić information content (AvgIpc) is 2.39. The van der Waals surface area contributed by atoms with Gasteiger partial charge in [-0.1, -0.05) is 11.6 Å². The van der Waals surface area contributed by atoms with Crippen molar-refractivity contribution in [3.8, 4) is 0 Å².